The highest BCUT2D eigenvalue weighted by Crippen LogP contribution is 2.28. The average Bonchev–Trinajstić information content (AvgIpc) is 2.78. The number of halogens is 1. The molecule has 172 valence electrons. The highest BCUT2D eigenvalue weighted by molar-refractivity contribution is 7.89. The molecule has 7 nitrogen and oxygen atoms in total. The number of para-hydroxylation sites is 1. The summed E-state index contributed by atoms with van der Waals surface area (Å²) in [5.41, 5.74) is 1.79. The minimum absolute atomic E-state index is 0.0523. The fourth-order valence-electron chi connectivity index (χ4n) is 3.79. The number of anilines is 1. The maximum atomic E-state index is 13.0. The third-order valence-corrected chi connectivity index (χ3v) is 7.88. The van der Waals surface area contributed by atoms with E-state index in [9.17, 15) is 18.0 Å². The molecule has 0 N–H and O–H groups in total. The number of aryl methyl sites for hydroxylation is 1. The lowest BCUT2D eigenvalue weighted by atomic mass is 10.0. The molecule has 1 aliphatic heterocycles. The van der Waals surface area contributed by atoms with Gasteiger partial charge in [-0.25, -0.2) is 13.2 Å². The van der Waals surface area contributed by atoms with Crippen molar-refractivity contribution in [2.45, 2.75) is 44.6 Å². The average molecular weight is 479 g/mol. The third kappa shape index (κ3) is 4.82. The van der Waals surface area contributed by atoms with Crippen molar-refractivity contribution in [3.8, 4) is 0 Å². The van der Waals surface area contributed by atoms with E-state index in [0.717, 1.165) is 24.1 Å². The Labute approximate surface area is 194 Å². The number of carbonyl (C=O) groups excluding carboxylic acids is 2. The second-order valence-electron chi connectivity index (χ2n) is 7.50. The highest BCUT2D eigenvalue weighted by Gasteiger charge is 2.30. The van der Waals surface area contributed by atoms with E-state index in [-0.39, 0.29) is 21.4 Å². The second-order valence-corrected chi connectivity index (χ2v) is 9.85. The molecular weight excluding hydrogens is 452 g/mol. The SMILES string of the molecule is CCN(CC)S(=O)(=O)c1ccc(Cl)c(C(=O)OC(C)C(=O)N2CCCc3ccccc32)c1. The van der Waals surface area contributed by atoms with Gasteiger partial charge in [0.1, 0.15) is 0 Å². The van der Waals surface area contributed by atoms with Crippen LogP contribution < -0.4 is 4.90 Å². The van der Waals surface area contributed by atoms with Gasteiger partial charge in [0.05, 0.1) is 15.5 Å². The zero-order chi connectivity index (χ0) is 23.5. The molecular formula is C23H27ClN2O5S. The van der Waals surface area contributed by atoms with E-state index >= 15 is 0 Å². The van der Waals surface area contributed by atoms with Gasteiger partial charge in [0.15, 0.2) is 6.10 Å². The van der Waals surface area contributed by atoms with Gasteiger partial charge in [-0.2, -0.15) is 4.31 Å². The maximum Gasteiger partial charge on any atom is 0.340 e. The maximum absolute atomic E-state index is 13.0. The number of ether oxygens (including phenoxy) is 1. The van der Waals surface area contributed by atoms with Gasteiger partial charge in [-0.3, -0.25) is 4.79 Å². The molecule has 1 unspecified atom stereocenters. The number of amides is 1. The van der Waals surface area contributed by atoms with Crippen molar-refractivity contribution in [3.05, 3.63) is 58.6 Å². The van der Waals surface area contributed by atoms with Crippen LogP contribution in [0, 0.1) is 0 Å². The molecule has 0 saturated heterocycles. The van der Waals surface area contributed by atoms with Crippen LogP contribution in [-0.2, 0) is 26.0 Å². The van der Waals surface area contributed by atoms with Crippen molar-refractivity contribution in [2.24, 2.45) is 0 Å². The molecule has 0 radical (unpaired) electrons. The molecule has 0 aromatic heterocycles. The molecule has 1 heterocycles. The Kier molecular flexibility index (Phi) is 7.59. The molecule has 2 aromatic rings. The largest absolute Gasteiger partial charge is 0.449 e. The Hall–Kier alpha value is -2.42. The number of benzene rings is 2. The summed E-state index contributed by atoms with van der Waals surface area (Å²) >= 11 is 6.16. The van der Waals surface area contributed by atoms with Crippen molar-refractivity contribution in [1.29, 1.82) is 0 Å². The number of hydrogen-bond donors (Lipinski definition) is 0. The number of carbonyl (C=O) groups is 2. The molecule has 3 rings (SSSR count). The Morgan fingerprint density at radius 1 is 1.16 bits per heavy atom. The lowest BCUT2D eigenvalue weighted by Gasteiger charge is -2.31. The highest BCUT2D eigenvalue weighted by atomic mass is 35.5. The molecule has 0 aliphatic carbocycles. The lowest BCUT2D eigenvalue weighted by Crippen LogP contribution is -2.42. The first-order valence-corrected chi connectivity index (χ1v) is 12.4. The van der Waals surface area contributed by atoms with Crippen LogP contribution in [0.4, 0.5) is 5.69 Å². The quantitative estimate of drug-likeness (QED) is 0.563. The summed E-state index contributed by atoms with van der Waals surface area (Å²) in [5.74, 6) is -1.19. The first-order valence-electron chi connectivity index (χ1n) is 10.6. The second kappa shape index (κ2) is 10.0. The van der Waals surface area contributed by atoms with Crippen LogP contribution in [0.25, 0.3) is 0 Å². The number of nitrogens with zero attached hydrogens (tertiary/aromatic N) is 2. The molecule has 0 spiro atoms. The summed E-state index contributed by atoms with van der Waals surface area (Å²) in [4.78, 5) is 27.4. The Morgan fingerprint density at radius 3 is 2.53 bits per heavy atom. The minimum Gasteiger partial charge on any atom is -0.449 e. The van der Waals surface area contributed by atoms with Gasteiger partial charge >= 0.3 is 5.97 Å². The van der Waals surface area contributed by atoms with E-state index in [2.05, 4.69) is 0 Å². The molecule has 2 aromatic carbocycles. The van der Waals surface area contributed by atoms with Crippen LogP contribution in [0.5, 0.6) is 0 Å². The molecule has 1 aliphatic rings. The first-order chi connectivity index (χ1) is 15.2. The van der Waals surface area contributed by atoms with E-state index in [0.29, 0.717) is 19.6 Å². The summed E-state index contributed by atoms with van der Waals surface area (Å²) in [6, 6.07) is 11.5. The van der Waals surface area contributed by atoms with E-state index in [1.807, 2.05) is 24.3 Å². The standard InChI is InChI=1S/C23H27ClN2O5S/c1-4-25(5-2)32(29,30)18-12-13-20(24)19(15-18)23(28)31-16(3)22(27)26-14-8-10-17-9-6-7-11-21(17)26/h6-7,9,11-13,15-16H,4-5,8,10,14H2,1-3H3. The van der Waals surface area contributed by atoms with Crippen molar-refractivity contribution in [2.75, 3.05) is 24.5 Å². The van der Waals surface area contributed by atoms with Crippen molar-refractivity contribution in [1.82, 2.24) is 4.31 Å². The van der Waals surface area contributed by atoms with Crippen LogP contribution >= 0.6 is 11.6 Å². The zero-order valence-corrected chi connectivity index (χ0v) is 19.9. The van der Waals surface area contributed by atoms with Gasteiger partial charge in [-0.1, -0.05) is 43.6 Å². The monoisotopic (exact) mass is 478 g/mol. The molecule has 1 amide bonds. The molecule has 0 saturated carbocycles. The Balaban J connectivity index is 1.81. The van der Waals surface area contributed by atoms with Crippen LogP contribution in [0.3, 0.4) is 0 Å². The van der Waals surface area contributed by atoms with Gasteiger partial charge < -0.3 is 9.64 Å². The van der Waals surface area contributed by atoms with Crippen LogP contribution in [-0.4, -0.2) is 50.3 Å². The zero-order valence-electron chi connectivity index (χ0n) is 18.4. The van der Waals surface area contributed by atoms with Gasteiger partial charge in [0, 0.05) is 25.3 Å². The summed E-state index contributed by atoms with van der Waals surface area (Å²) in [7, 11) is -3.78. The third-order valence-electron chi connectivity index (χ3n) is 5.51. The minimum atomic E-state index is -3.78. The fourth-order valence-corrected chi connectivity index (χ4v) is 5.47. The summed E-state index contributed by atoms with van der Waals surface area (Å²) in [6.45, 7) is 6.10. The molecule has 0 bridgehead atoms. The number of fused-ring (bicyclic) bond motifs is 1. The predicted molar refractivity (Wildman–Crippen MR) is 124 cm³/mol. The normalized spacial score (nSPS) is 14.7. The van der Waals surface area contributed by atoms with E-state index in [1.165, 1.54) is 29.4 Å². The lowest BCUT2D eigenvalue weighted by molar-refractivity contribution is -0.126. The molecule has 9 heteroatoms. The summed E-state index contributed by atoms with van der Waals surface area (Å²) in [5, 5.41) is 0.0523. The number of rotatable bonds is 7. The van der Waals surface area contributed by atoms with E-state index in [1.54, 1.807) is 18.7 Å². The fraction of sp³-hybridized carbons (Fsp3) is 0.391. The van der Waals surface area contributed by atoms with Crippen LogP contribution in [0.15, 0.2) is 47.4 Å². The smallest absolute Gasteiger partial charge is 0.340 e. The number of esters is 1. The topological polar surface area (TPSA) is 84.0 Å². The molecule has 0 fully saturated rings. The van der Waals surface area contributed by atoms with Crippen molar-refractivity contribution >= 4 is 39.2 Å². The Morgan fingerprint density at radius 2 is 1.84 bits per heavy atom. The molecule has 1 atom stereocenters. The van der Waals surface area contributed by atoms with E-state index < -0.39 is 22.1 Å². The summed E-state index contributed by atoms with van der Waals surface area (Å²) < 4.78 is 32.3. The van der Waals surface area contributed by atoms with Crippen molar-refractivity contribution in [3.63, 3.8) is 0 Å². The molecule has 32 heavy (non-hydrogen) atoms. The van der Waals surface area contributed by atoms with Gasteiger partial charge in [-0.15, -0.1) is 0 Å². The van der Waals surface area contributed by atoms with E-state index in [4.69, 9.17) is 16.3 Å². The number of sulfonamides is 1. The predicted octanol–water partition coefficient (Wildman–Crippen LogP) is 3.90. The van der Waals surface area contributed by atoms with Crippen molar-refractivity contribution < 1.29 is 22.7 Å². The van der Waals surface area contributed by atoms with Gasteiger partial charge in [0.2, 0.25) is 10.0 Å². The number of hydrogen-bond acceptors (Lipinski definition) is 5. The Bertz CT molecular complexity index is 1120. The van der Waals surface area contributed by atoms with Crippen LogP contribution in [0.2, 0.25) is 5.02 Å². The van der Waals surface area contributed by atoms with Crippen LogP contribution in [0.1, 0.15) is 43.1 Å². The van der Waals surface area contributed by atoms with Gasteiger partial charge in [-0.05, 0) is 49.6 Å². The summed E-state index contributed by atoms with van der Waals surface area (Å²) in [6.07, 6.45) is 0.644. The first kappa shape index (κ1) is 24.2. The van der Waals surface area contributed by atoms with Gasteiger partial charge in [0.25, 0.3) is 5.91 Å².